The fourth-order valence-corrected chi connectivity index (χ4v) is 8.69. The van der Waals surface area contributed by atoms with Crippen LogP contribution in [0.15, 0.2) is 12.1 Å². The molecule has 1 aromatic carbocycles. The van der Waals surface area contributed by atoms with Gasteiger partial charge < -0.3 is 0 Å². The molecule has 1 aliphatic carbocycles. The van der Waals surface area contributed by atoms with Gasteiger partial charge in [-0.1, -0.05) is 0 Å². The first-order chi connectivity index (χ1) is 12.1. The Morgan fingerprint density at radius 1 is 1.19 bits per heavy atom. The topological polar surface area (TPSA) is 24.5 Å². The Hall–Kier alpha value is 1.27. The molecule has 146 valence electrons. The van der Waals surface area contributed by atoms with Crippen LogP contribution in [0, 0.1) is 6.92 Å². The Kier molecular flexibility index (Phi) is 9.37. The van der Waals surface area contributed by atoms with Crippen LogP contribution in [0.5, 0.6) is 5.75 Å². The summed E-state index contributed by atoms with van der Waals surface area (Å²) >= 11 is 3.18. The van der Waals surface area contributed by atoms with Crippen molar-refractivity contribution in [3.05, 3.63) is 28.8 Å². The van der Waals surface area contributed by atoms with Crippen molar-refractivity contribution in [3.63, 3.8) is 0 Å². The van der Waals surface area contributed by atoms with E-state index >= 15 is 0 Å². The molecule has 1 saturated carbocycles. The molecule has 0 radical (unpaired) electrons. The molecular weight excluding hydrogens is 653 g/mol. The second-order valence-corrected chi connectivity index (χ2v) is 42.1. The average molecular weight is 686 g/mol. The Bertz CT molecular complexity index is 602. The van der Waals surface area contributed by atoms with E-state index in [-0.39, 0.29) is 5.41 Å². The van der Waals surface area contributed by atoms with E-state index in [4.69, 9.17) is 2.85 Å². The maximum atomic E-state index is 6.51. The summed E-state index contributed by atoms with van der Waals surface area (Å²) in [5.74, 6) is 1.16. The van der Waals surface area contributed by atoms with Crippen LogP contribution >= 0.6 is 36.3 Å². The van der Waals surface area contributed by atoms with E-state index in [0.717, 1.165) is 12.3 Å². The first-order valence-electron chi connectivity index (χ1n) is 9.58. The minimum absolute atomic E-state index is 0.0984. The Labute approximate surface area is 187 Å². The fraction of sp³-hybridized carbons (Fsp3) is 0.700. The summed E-state index contributed by atoms with van der Waals surface area (Å²) in [6.45, 7) is 9.99. The molecule has 2 atom stereocenters. The SMILES string of the molecule is Cc1cc(CNC2CCCCC2N(C)C)c([O][In]([I])[I])c(C(C)(C)C)c1. The monoisotopic (exact) mass is 686 g/mol. The number of aryl methyl sites for hydroxylation is 1. The van der Waals surface area contributed by atoms with Crippen LogP contribution in [0.1, 0.15) is 63.1 Å². The van der Waals surface area contributed by atoms with Gasteiger partial charge in [0.1, 0.15) is 0 Å². The van der Waals surface area contributed by atoms with E-state index in [2.05, 4.69) is 100 Å². The van der Waals surface area contributed by atoms with Crippen molar-refractivity contribution in [2.24, 2.45) is 0 Å². The van der Waals surface area contributed by atoms with Crippen molar-refractivity contribution < 1.29 is 2.85 Å². The average Bonchev–Trinajstić information content (AvgIpc) is 2.53. The third-order valence-electron chi connectivity index (χ3n) is 5.27. The molecule has 0 saturated heterocycles. The number of likely N-dealkylation sites (N-methyl/N-ethyl adjacent to an activating group) is 1. The van der Waals surface area contributed by atoms with Crippen LogP contribution in [0.3, 0.4) is 0 Å². The number of rotatable bonds is 6. The third-order valence-corrected chi connectivity index (χ3v) is 9.87. The van der Waals surface area contributed by atoms with Crippen molar-refractivity contribution in [1.29, 1.82) is 0 Å². The van der Waals surface area contributed by atoms with E-state index in [1.54, 1.807) is 0 Å². The molecule has 0 spiro atoms. The third kappa shape index (κ3) is 6.66. The van der Waals surface area contributed by atoms with E-state index < -0.39 is 13.6 Å². The van der Waals surface area contributed by atoms with Crippen LogP contribution in [0.25, 0.3) is 0 Å². The normalized spacial score (nSPS) is 21.1. The molecule has 26 heavy (non-hydrogen) atoms. The molecule has 3 nitrogen and oxygen atoms in total. The minimum atomic E-state index is -1.91. The molecular formula is C20H33I2InN2O. The summed E-state index contributed by atoms with van der Waals surface area (Å²) in [6.07, 6.45) is 5.27. The van der Waals surface area contributed by atoms with Gasteiger partial charge in [-0.15, -0.1) is 0 Å². The van der Waals surface area contributed by atoms with E-state index in [1.165, 1.54) is 42.4 Å². The molecule has 1 aliphatic rings. The first kappa shape index (κ1) is 23.5. The molecule has 2 rings (SSSR count). The predicted molar refractivity (Wildman–Crippen MR) is 131 cm³/mol. The summed E-state index contributed by atoms with van der Waals surface area (Å²) in [4.78, 5) is 2.40. The van der Waals surface area contributed by atoms with Crippen LogP contribution in [0.4, 0.5) is 0 Å². The zero-order chi connectivity index (χ0) is 19.5. The molecule has 0 bridgehead atoms. The van der Waals surface area contributed by atoms with Gasteiger partial charge in [-0.2, -0.15) is 0 Å². The molecule has 1 N–H and O–H groups in total. The molecule has 6 heteroatoms. The van der Waals surface area contributed by atoms with E-state index in [9.17, 15) is 0 Å². The fourth-order valence-electron chi connectivity index (χ4n) is 3.97. The van der Waals surface area contributed by atoms with E-state index in [1.807, 2.05) is 0 Å². The first-order valence-corrected chi connectivity index (χ1v) is 30.1. The van der Waals surface area contributed by atoms with Gasteiger partial charge in [-0.25, -0.2) is 0 Å². The Morgan fingerprint density at radius 2 is 1.85 bits per heavy atom. The Balaban J connectivity index is 2.28. The van der Waals surface area contributed by atoms with E-state index in [0.29, 0.717) is 12.1 Å². The van der Waals surface area contributed by atoms with Crippen molar-refractivity contribution >= 4 is 49.8 Å². The quantitative estimate of drug-likeness (QED) is 0.402. The zero-order valence-corrected chi connectivity index (χ0v) is 24.6. The van der Waals surface area contributed by atoms with Crippen LogP contribution in [-0.2, 0) is 12.0 Å². The Morgan fingerprint density at radius 3 is 2.42 bits per heavy atom. The number of hydrogen-bond acceptors (Lipinski definition) is 3. The van der Waals surface area contributed by atoms with Crippen LogP contribution < -0.4 is 8.17 Å². The molecule has 0 amide bonds. The number of benzene rings is 1. The summed E-state index contributed by atoms with van der Waals surface area (Å²) in [7, 11) is 4.43. The number of hydrogen-bond donors (Lipinski definition) is 1. The van der Waals surface area contributed by atoms with Gasteiger partial charge in [0.2, 0.25) is 0 Å². The summed E-state index contributed by atoms with van der Waals surface area (Å²) in [5, 5.41) is 3.89. The van der Waals surface area contributed by atoms with Gasteiger partial charge in [0.15, 0.2) is 0 Å². The summed E-state index contributed by atoms with van der Waals surface area (Å²) in [5.41, 5.74) is 4.13. The summed E-state index contributed by atoms with van der Waals surface area (Å²) < 4.78 is 6.51. The summed E-state index contributed by atoms with van der Waals surface area (Å²) in [6, 6.07) is 5.86. The molecule has 0 aliphatic heterocycles. The number of nitrogens with zero attached hydrogens (tertiary/aromatic N) is 1. The van der Waals surface area contributed by atoms with Gasteiger partial charge in [-0.3, -0.25) is 0 Å². The van der Waals surface area contributed by atoms with Crippen molar-refractivity contribution in [2.45, 2.75) is 77.4 Å². The second-order valence-electron chi connectivity index (χ2n) is 8.73. The molecule has 0 aromatic heterocycles. The zero-order valence-electron chi connectivity index (χ0n) is 17.0. The number of halogens is 2. The predicted octanol–water partition coefficient (Wildman–Crippen LogP) is 5.49. The standard InChI is InChI=1S/C20H34N2O.2HI.In/c1-14-11-15(19(23)16(12-14)20(2,3)4)13-21-17-9-7-8-10-18(17)22(5)6;;;/h11-12,17-18,21,23H,7-10,13H2,1-6H3;2*1H;/q;;;+3/p-3. The van der Waals surface area contributed by atoms with Crippen molar-refractivity contribution in [2.75, 3.05) is 14.1 Å². The maximum absolute atomic E-state index is 6.51. The molecule has 1 fully saturated rings. The van der Waals surface area contributed by atoms with Gasteiger partial charge in [0.05, 0.1) is 0 Å². The van der Waals surface area contributed by atoms with Crippen LogP contribution in [-0.4, -0.2) is 44.6 Å². The van der Waals surface area contributed by atoms with Gasteiger partial charge in [0, 0.05) is 0 Å². The van der Waals surface area contributed by atoms with Gasteiger partial charge >= 0.3 is 189 Å². The van der Waals surface area contributed by atoms with Gasteiger partial charge in [-0.05, 0) is 0 Å². The molecule has 0 heterocycles. The molecule has 2 unspecified atom stereocenters. The van der Waals surface area contributed by atoms with Gasteiger partial charge in [0.25, 0.3) is 0 Å². The number of nitrogens with one attached hydrogen (secondary N) is 1. The second kappa shape index (κ2) is 10.3. The van der Waals surface area contributed by atoms with Crippen molar-refractivity contribution in [3.8, 4) is 5.75 Å². The van der Waals surface area contributed by atoms with Crippen molar-refractivity contribution in [1.82, 2.24) is 10.2 Å². The van der Waals surface area contributed by atoms with Crippen LogP contribution in [0.2, 0.25) is 0 Å². The molecule has 1 aromatic rings.